The molecule has 1 aliphatic heterocycles. The lowest BCUT2D eigenvalue weighted by atomic mass is 10.2. The first-order chi connectivity index (χ1) is 12.7. The van der Waals surface area contributed by atoms with Gasteiger partial charge in [0.25, 0.3) is 0 Å². The Morgan fingerprint density at radius 1 is 1.12 bits per heavy atom. The summed E-state index contributed by atoms with van der Waals surface area (Å²) in [6.07, 6.45) is 0.950. The minimum absolute atomic E-state index is 0.260. The standard InChI is InChI=1S/C20H22ClFN2O2/c21-19-12-17(22)6-7-20(19)24-10-8-23(9-11-24)18(13-25)15-26-14-16-4-2-1-3-5-16/h1-7,12-13,18H,8-11,14-15H2. The summed E-state index contributed by atoms with van der Waals surface area (Å²) in [6.45, 7) is 3.78. The van der Waals surface area contributed by atoms with E-state index in [9.17, 15) is 9.18 Å². The minimum atomic E-state index is -0.339. The maximum absolute atomic E-state index is 13.2. The summed E-state index contributed by atoms with van der Waals surface area (Å²) >= 11 is 6.14. The molecule has 0 N–H and O–H groups in total. The Hall–Kier alpha value is -1.95. The summed E-state index contributed by atoms with van der Waals surface area (Å²) in [5.74, 6) is -0.339. The molecule has 0 spiro atoms. The maximum Gasteiger partial charge on any atom is 0.139 e. The molecule has 2 aromatic carbocycles. The Morgan fingerprint density at radius 3 is 2.50 bits per heavy atom. The van der Waals surface area contributed by atoms with E-state index in [1.54, 1.807) is 6.07 Å². The van der Waals surface area contributed by atoms with Gasteiger partial charge < -0.3 is 14.4 Å². The molecule has 0 amide bonds. The molecule has 0 bridgehead atoms. The summed E-state index contributed by atoms with van der Waals surface area (Å²) < 4.78 is 18.9. The fraction of sp³-hybridized carbons (Fsp3) is 0.350. The number of hydrogen-bond donors (Lipinski definition) is 0. The molecule has 6 heteroatoms. The Kier molecular flexibility index (Phi) is 6.61. The van der Waals surface area contributed by atoms with Crippen LogP contribution in [0.4, 0.5) is 10.1 Å². The van der Waals surface area contributed by atoms with E-state index in [-0.39, 0.29) is 11.9 Å². The van der Waals surface area contributed by atoms with E-state index in [2.05, 4.69) is 9.80 Å². The number of carbonyl (C=O) groups is 1. The number of piperazine rings is 1. The molecule has 4 nitrogen and oxygen atoms in total. The van der Waals surface area contributed by atoms with Crippen LogP contribution in [-0.2, 0) is 16.1 Å². The Morgan fingerprint density at radius 2 is 1.85 bits per heavy atom. The number of nitrogens with zero attached hydrogens (tertiary/aromatic N) is 2. The van der Waals surface area contributed by atoms with Gasteiger partial charge in [0.2, 0.25) is 0 Å². The van der Waals surface area contributed by atoms with Crippen LogP contribution >= 0.6 is 11.6 Å². The molecule has 1 unspecified atom stereocenters. The highest BCUT2D eigenvalue weighted by molar-refractivity contribution is 6.33. The van der Waals surface area contributed by atoms with Gasteiger partial charge in [0.1, 0.15) is 12.1 Å². The molecule has 138 valence electrons. The summed E-state index contributed by atoms with van der Waals surface area (Å²) in [5, 5.41) is 0.414. The predicted octanol–water partition coefficient (Wildman–Crippen LogP) is 3.39. The van der Waals surface area contributed by atoms with E-state index >= 15 is 0 Å². The smallest absolute Gasteiger partial charge is 0.139 e. The number of ether oxygens (including phenoxy) is 1. The van der Waals surface area contributed by atoms with Gasteiger partial charge in [-0.1, -0.05) is 41.9 Å². The van der Waals surface area contributed by atoms with Gasteiger partial charge in [-0.2, -0.15) is 0 Å². The molecule has 1 heterocycles. The number of halogens is 2. The number of rotatable bonds is 7. The summed E-state index contributed by atoms with van der Waals surface area (Å²) in [6, 6.07) is 14.1. The fourth-order valence-corrected chi connectivity index (χ4v) is 3.42. The third-order valence-electron chi connectivity index (χ3n) is 4.59. The molecule has 0 aliphatic carbocycles. The second kappa shape index (κ2) is 9.12. The highest BCUT2D eigenvalue weighted by Gasteiger charge is 2.24. The lowest BCUT2D eigenvalue weighted by Gasteiger charge is -2.38. The minimum Gasteiger partial charge on any atom is -0.375 e. The van der Waals surface area contributed by atoms with E-state index < -0.39 is 0 Å². The van der Waals surface area contributed by atoms with Crippen LogP contribution < -0.4 is 4.90 Å². The van der Waals surface area contributed by atoms with Gasteiger partial charge in [0.05, 0.1) is 30.0 Å². The zero-order valence-electron chi connectivity index (χ0n) is 14.5. The van der Waals surface area contributed by atoms with Gasteiger partial charge in [-0.15, -0.1) is 0 Å². The largest absolute Gasteiger partial charge is 0.375 e. The lowest BCUT2D eigenvalue weighted by molar-refractivity contribution is -0.115. The van der Waals surface area contributed by atoms with Crippen LogP contribution in [0.15, 0.2) is 48.5 Å². The average Bonchev–Trinajstić information content (AvgIpc) is 2.66. The molecule has 26 heavy (non-hydrogen) atoms. The van der Waals surface area contributed by atoms with Crippen molar-refractivity contribution in [1.82, 2.24) is 4.90 Å². The van der Waals surface area contributed by atoms with Crippen molar-refractivity contribution in [3.63, 3.8) is 0 Å². The van der Waals surface area contributed by atoms with E-state index in [0.29, 0.717) is 18.2 Å². The zero-order chi connectivity index (χ0) is 18.4. The van der Waals surface area contributed by atoms with Crippen molar-refractivity contribution >= 4 is 23.6 Å². The number of carbonyl (C=O) groups excluding carboxylic acids is 1. The van der Waals surface area contributed by atoms with E-state index in [1.807, 2.05) is 30.3 Å². The van der Waals surface area contributed by atoms with Crippen molar-refractivity contribution in [2.75, 3.05) is 37.7 Å². The Labute approximate surface area is 158 Å². The first-order valence-corrected chi connectivity index (χ1v) is 9.06. The number of anilines is 1. The van der Waals surface area contributed by atoms with Crippen molar-refractivity contribution in [1.29, 1.82) is 0 Å². The van der Waals surface area contributed by atoms with Crippen LogP contribution in [0.3, 0.4) is 0 Å². The van der Waals surface area contributed by atoms with Gasteiger partial charge in [0.15, 0.2) is 0 Å². The Bertz CT molecular complexity index is 721. The molecule has 1 atom stereocenters. The SMILES string of the molecule is O=CC(COCc1ccccc1)N1CCN(c2ccc(F)cc2Cl)CC1. The van der Waals surface area contributed by atoms with Gasteiger partial charge in [-0.25, -0.2) is 4.39 Å². The maximum atomic E-state index is 13.2. The summed E-state index contributed by atoms with van der Waals surface area (Å²) in [7, 11) is 0. The van der Waals surface area contributed by atoms with Crippen LogP contribution in [0.2, 0.25) is 5.02 Å². The van der Waals surface area contributed by atoms with Crippen molar-refractivity contribution in [2.24, 2.45) is 0 Å². The second-order valence-electron chi connectivity index (χ2n) is 6.32. The van der Waals surface area contributed by atoms with Gasteiger partial charge >= 0.3 is 0 Å². The monoisotopic (exact) mass is 376 g/mol. The predicted molar refractivity (Wildman–Crippen MR) is 101 cm³/mol. The second-order valence-corrected chi connectivity index (χ2v) is 6.73. The highest BCUT2D eigenvalue weighted by Crippen LogP contribution is 2.27. The lowest BCUT2D eigenvalue weighted by Crippen LogP contribution is -2.52. The van der Waals surface area contributed by atoms with E-state index in [1.165, 1.54) is 12.1 Å². The normalized spacial score (nSPS) is 16.5. The molecule has 1 fully saturated rings. The van der Waals surface area contributed by atoms with Crippen molar-refractivity contribution in [2.45, 2.75) is 12.6 Å². The molecular formula is C20H22ClFN2O2. The van der Waals surface area contributed by atoms with Crippen LogP contribution in [-0.4, -0.2) is 50.0 Å². The molecule has 0 aromatic heterocycles. The van der Waals surface area contributed by atoms with Gasteiger partial charge in [-0.05, 0) is 23.8 Å². The number of hydrogen-bond acceptors (Lipinski definition) is 4. The zero-order valence-corrected chi connectivity index (χ0v) is 15.2. The fourth-order valence-electron chi connectivity index (χ4n) is 3.13. The van der Waals surface area contributed by atoms with Gasteiger partial charge in [0, 0.05) is 26.2 Å². The first kappa shape index (κ1) is 18.8. The summed E-state index contributed by atoms with van der Waals surface area (Å²) in [5.41, 5.74) is 1.92. The first-order valence-electron chi connectivity index (χ1n) is 8.68. The molecule has 1 aliphatic rings. The Balaban J connectivity index is 1.50. The molecule has 0 radical (unpaired) electrons. The molecule has 1 saturated heterocycles. The topological polar surface area (TPSA) is 32.8 Å². The average molecular weight is 377 g/mol. The molecule has 3 rings (SSSR count). The summed E-state index contributed by atoms with van der Waals surface area (Å²) in [4.78, 5) is 15.7. The third kappa shape index (κ3) is 4.81. The van der Waals surface area contributed by atoms with Crippen LogP contribution in [0.5, 0.6) is 0 Å². The molecule has 2 aromatic rings. The van der Waals surface area contributed by atoms with Crippen molar-refractivity contribution in [3.05, 3.63) is 64.9 Å². The third-order valence-corrected chi connectivity index (χ3v) is 4.89. The molecule has 0 saturated carbocycles. The van der Waals surface area contributed by atoms with Crippen molar-refractivity contribution in [3.8, 4) is 0 Å². The number of benzene rings is 2. The quantitative estimate of drug-likeness (QED) is 0.693. The molecular weight excluding hydrogens is 355 g/mol. The van der Waals surface area contributed by atoms with Crippen LogP contribution in [0, 0.1) is 5.82 Å². The van der Waals surface area contributed by atoms with E-state index in [4.69, 9.17) is 16.3 Å². The number of aldehydes is 1. The highest BCUT2D eigenvalue weighted by atomic mass is 35.5. The van der Waals surface area contributed by atoms with Crippen LogP contribution in [0.1, 0.15) is 5.56 Å². The van der Waals surface area contributed by atoms with Crippen LogP contribution in [0.25, 0.3) is 0 Å². The van der Waals surface area contributed by atoms with Gasteiger partial charge in [-0.3, -0.25) is 4.90 Å². The van der Waals surface area contributed by atoms with Crippen molar-refractivity contribution < 1.29 is 13.9 Å². The van der Waals surface area contributed by atoms with E-state index in [0.717, 1.165) is 43.7 Å².